The fourth-order valence-corrected chi connectivity index (χ4v) is 2.15. The average Bonchev–Trinajstić information content (AvgIpc) is 2.71. The van der Waals surface area contributed by atoms with E-state index >= 15 is 0 Å². The molecule has 0 saturated heterocycles. The molecule has 1 amide bonds. The van der Waals surface area contributed by atoms with Gasteiger partial charge in [-0.1, -0.05) is 13.8 Å². The maximum absolute atomic E-state index is 12.0. The van der Waals surface area contributed by atoms with Crippen LogP contribution in [0.2, 0.25) is 0 Å². The maximum atomic E-state index is 12.0. The Morgan fingerprint density at radius 2 is 1.94 bits per heavy atom. The Bertz CT molecular complexity index is 297. The van der Waals surface area contributed by atoms with Crippen molar-refractivity contribution in [2.75, 3.05) is 7.11 Å². The minimum Gasteiger partial charge on any atom is -0.467 e. The first-order valence-electron chi connectivity index (χ1n) is 6.09. The summed E-state index contributed by atoms with van der Waals surface area (Å²) >= 11 is 0. The third-order valence-electron chi connectivity index (χ3n) is 3.26. The molecule has 0 bridgehead atoms. The zero-order valence-electron chi connectivity index (χ0n) is 11.1. The van der Waals surface area contributed by atoms with E-state index in [2.05, 4.69) is 10.1 Å². The molecule has 1 aliphatic rings. The predicted octanol–water partition coefficient (Wildman–Crippen LogP) is 0.849. The summed E-state index contributed by atoms with van der Waals surface area (Å²) in [6, 6.07) is -0.453. The summed E-state index contributed by atoms with van der Waals surface area (Å²) in [7, 11) is 1.33. The molecule has 0 heterocycles. The monoisotopic (exact) mass is 278 g/mol. The summed E-state index contributed by atoms with van der Waals surface area (Å²) < 4.78 is 4.68. The maximum Gasteiger partial charge on any atom is 0.328 e. The Balaban J connectivity index is 0.00000289. The van der Waals surface area contributed by atoms with E-state index in [1.165, 1.54) is 7.11 Å². The van der Waals surface area contributed by atoms with Crippen LogP contribution in [-0.4, -0.2) is 31.1 Å². The second-order valence-corrected chi connectivity index (χ2v) is 5.02. The quantitative estimate of drug-likeness (QED) is 0.747. The van der Waals surface area contributed by atoms with Crippen LogP contribution in [0.5, 0.6) is 0 Å². The number of hydrogen-bond donors (Lipinski definition) is 2. The molecule has 0 aromatic carbocycles. The van der Waals surface area contributed by atoms with Crippen molar-refractivity contribution in [3.8, 4) is 0 Å². The van der Waals surface area contributed by atoms with Gasteiger partial charge in [-0.15, -0.1) is 12.4 Å². The van der Waals surface area contributed by atoms with Crippen LogP contribution in [0.25, 0.3) is 0 Å². The molecule has 0 aromatic heterocycles. The SMILES string of the molecule is COC(=O)C(NC(=O)C1CCC(N)C1)C(C)C.Cl. The molecule has 1 saturated carbocycles. The fourth-order valence-electron chi connectivity index (χ4n) is 2.15. The fraction of sp³-hybridized carbons (Fsp3) is 0.833. The van der Waals surface area contributed by atoms with Crippen molar-refractivity contribution in [1.29, 1.82) is 0 Å². The van der Waals surface area contributed by atoms with Crippen molar-refractivity contribution in [1.82, 2.24) is 5.32 Å². The van der Waals surface area contributed by atoms with Crippen LogP contribution in [0.3, 0.4) is 0 Å². The van der Waals surface area contributed by atoms with E-state index in [9.17, 15) is 9.59 Å². The molecular weight excluding hydrogens is 256 g/mol. The third kappa shape index (κ3) is 4.46. The lowest BCUT2D eigenvalue weighted by atomic mass is 10.0. The van der Waals surface area contributed by atoms with Crippen molar-refractivity contribution in [3.63, 3.8) is 0 Å². The number of rotatable bonds is 4. The number of carbonyl (C=O) groups excluding carboxylic acids is 2. The molecule has 0 radical (unpaired) electrons. The first-order chi connectivity index (χ1) is 7.95. The standard InChI is InChI=1S/C12H22N2O3.ClH/c1-7(2)10(12(16)17-3)14-11(15)8-4-5-9(13)6-8;/h7-10H,4-6,13H2,1-3H3,(H,14,15);1H. The molecule has 1 aliphatic carbocycles. The highest BCUT2D eigenvalue weighted by Gasteiger charge is 2.32. The summed E-state index contributed by atoms with van der Waals surface area (Å²) in [6.07, 6.45) is 2.39. The van der Waals surface area contributed by atoms with Gasteiger partial charge in [-0.25, -0.2) is 4.79 Å². The molecule has 1 rings (SSSR count). The highest BCUT2D eigenvalue weighted by atomic mass is 35.5. The largest absolute Gasteiger partial charge is 0.467 e. The highest BCUT2D eigenvalue weighted by molar-refractivity contribution is 5.86. The number of esters is 1. The van der Waals surface area contributed by atoms with Gasteiger partial charge >= 0.3 is 5.97 Å². The van der Waals surface area contributed by atoms with Gasteiger partial charge in [0.05, 0.1) is 7.11 Å². The van der Waals surface area contributed by atoms with Crippen LogP contribution in [-0.2, 0) is 14.3 Å². The van der Waals surface area contributed by atoms with E-state index in [0.29, 0.717) is 6.42 Å². The molecule has 3 unspecified atom stereocenters. The minimum absolute atomic E-state index is 0. The average molecular weight is 279 g/mol. The van der Waals surface area contributed by atoms with Crippen LogP contribution in [0.1, 0.15) is 33.1 Å². The summed E-state index contributed by atoms with van der Waals surface area (Å²) in [5.41, 5.74) is 5.77. The molecule has 18 heavy (non-hydrogen) atoms. The number of carbonyl (C=O) groups is 2. The smallest absolute Gasteiger partial charge is 0.328 e. The Kier molecular flexibility index (Phi) is 7.25. The number of halogens is 1. The number of nitrogens with one attached hydrogen (secondary N) is 1. The lowest BCUT2D eigenvalue weighted by molar-refractivity contribution is -0.146. The van der Waals surface area contributed by atoms with Gasteiger partial charge in [0.15, 0.2) is 0 Å². The first kappa shape index (κ1) is 17.2. The number of ether oxygens (including phenoxy) is 1. The van der Waals surface area contributed by atoms with Gasteiger partial charge in [-0.05, 0) is 25.2 Å². The summed E-state index contributed by atoms with van der Waals surface area (Å²) in [5.74, 6) is -0.518. The molecule has 3 N–H and O–H groups in total. The Morgan fingerprint density at radius 1 is 1.33 bits per heavy atom. The van der Waals surface area contributed by atoms with Gasteiger partial charge in [0.25, 0.3) is 0 Å². The van der Waals surface area contributed by atoms with Gasteiger partial charge < -0.3 is 15.8 Å². The summed E-state index contributed by atoms with van der Waals surface area (Å²) in [4.78, 5) is 23.5. The zero-order chi connectivity index (χ0) is 13.0. The number of nitrogens with two attached hydrogens (primary N) is 1. The van der Waals surface area contributed by atoms with Crippen LogP contribution < -0.4 is 11.1 Å². The Labute approximate surface area is 114 Å². The Hall–Kier alpha value is -0.810. The van der Waals surface area contributed by atoms with Gasteiger partial charge in [0.1, 0.15) is 6.04 Å². The van der Waals surface area contributed by atoms with Crippen LogP contribution >= 0.6 is 12.4 Å². The molecule has 106 valence electrons. The van der Waals surface area contributed by atoms with Gasteiger partial charge in [0, 0.05) is 12.0 Å². The van der Waals surface area contributed by atoms with Crippen molar-refractivity contribution in [2.24, 2.45) is 17.6 Å². The third-order valence-corrected chi connectivity index (χ3v) is 3.26. The van der Waals surface area contributed by atoms with Gasteiger partial charge in [-0.3, -0.25) is 4.79 Å². The zero-order valence-corrected chi connectivity index (χ0v) is 12.0. The highest BCUT2D eigenvalue weighted by Crippen LogP contribution is 2.24. The number of amides is 1. The lowest BCUT2D eigenvalue weighted by Crippen LogP contribution is -2.47. The van der Waals surface area contributed by atoms with E-state index < -0.39 is 12.0 Å². The molecule has 0 aliphatic heterocycles. The molecular formula is C12H23ClN2O3. The number of hydrogen-bond acceptors (Lipinski definition) is 4. The van der Waals surface area contributed by atoms with Crippen molar-refractivity contribution >= 4 is 24.3 Å². The second kappa shape index (κ2) is 7.59. The molecule has 1 fully saturated rings. The van der Waals surface area contributed by atoms with E-state index in [-0.39, 0.29) is 36.2 Å². The van der Waals surface area contributed by atoms with E-state index in [1.807, 2.05) is 13.8 Å². The second-order valence-electron chi connectivity index (χ2n) is 5.02. The molecule has 0 aromatic rings. The van der Waals surface area contributed by atoms with Crippen molar-refractivity contribution in [3.05, 3.63) is 0 Å². The van der Waals surface area contributed by atoms with Crippen LogP contribution in [0.15, 0.2) is 0 Å². The van der Waals surface area contributed by atoms with E-state index in [1.54, 1.807) is 0 Å². The number of methoxy groups -OCH3 is 1. The van der Waals surface area contributed by atoms with Gasteiger partial charge in [0.2, 0.25) is 5.91 Å². The lowest BCUT2D eigenvalue weighted by Gasteiger charge is -2.21. The normalized spacial score (nSPS) is 24.3. The van der Waals surface area contributed by atoms with E-state index in [4.69, 9.17) is 5.73 Å². The van der Waals surface area contributed by atoms with Crippen molar-refractivity contribution < 1.29 is 14.3 Å². The first-order valence-corrected chi connectivity index (χ1v) is 6.09. The summed E-state index contributed by atoms with van der Waals surface area (Å²) in [5, 5.41) is 2.76. The molecule has 6 heteroatoms. The van der Waals surface area contributed by atoms with Gasteiger partial charge in [-0.2, -0.15) is 0 Å². The predicted molar refractivity (Wildman–Crippen MR) is 71.3 cm³/mol. The topological polar surface area (TPSA) is 81.4 Å². The molecule has 5 nitrogen and oxygen atoms in total. The van der Waals surface area contributed by atoms with E-state index in [0.717, 1.165) is 12.8 Å². The van der Waals surface area contributed by atoms with Crippen molar-refractivity contribution in [2.45, 2.75) is 45.2 Å². The van der Waals surface area contributed by atoms with Crippen LogP contribution in [0, 0.1) is 11.8 Å². The molecule has 3 atom stereocenters. The molecule has 0 spiro atoms. The van der Waals surface area contributed by atoms with Crippen LogP contribution in [0.4, 0.5) is 0 Å². The summed E-state index contributed by atoms with van der Waals surface area (Å²) in [6.45, 7) is 3.75. The minimum atomic E-state index is -0.565. The Morgan fingerprint density at radius 3 is 2.33 bits per heavy atom.